The van der Waals surface area contributed by atoms with Gasteiger partial charge >= 0.3 is 5.97 Å². The number of aromatic carboxylic acids is 1. The Morgan fingerprint density at radius 1 is 1.43 bits per heavy atom. The molecular weight excluding hydrogens is 306 g/mol. The topological polar surface area (TPSA) is 59.4 Å². The first-order chi connectivity index (χ1) is 9.81. The second-order valence-corrected chi connectivity index (χ2v) is 7.81. The van der Waals surface area contributed by atoms with Gasteiger partial charge < -0.3 is 9.84 Å². The van der Waals surface area contributed by atoms with Crippen LogP contribution in [-0.4, -0.2) is 16.1 Å². The Labute approximate surface area is 132 Å². The Hall–Kier alpha value is -1.40. The largest absolute Gasteiger partial charge is 0.485 e. The van der Waals surface area contributed by atoms with E-state index >= 15 is 0 Å². The highest BCUT2D eigenvalue weighted by Gasteiger charge is 2.19. The van der Waals surface area contributed by atoms with E-state index in [2.05, 4.69) is 25.8 Å². The molecule has 0 aliphatic rings. The first-order valence-electron chi connectivity index (χ1n) is 6.75. The average molecular weight is 325 g/mol. The van der Waals surface area contributed by atoms with Gasteiger partial charge in [-0.15, -0.1) is 22.7 Å². The molecule has 4 nitrogen and oxygen atoms in total. The molecule has 21 heavy (non-hydrogen) atoms. The Kier molecular flexibility index (Phi) is 4.68. The van der Waals surface area contributed by atoms with E-state index in [-0.39, 0.29) is 10.3 Å². The van der Waals surface area contributed by atoms with Gasteiger partial charge in [0.2, 0.25) is 0 Å². The van der Waals surface area contributed by atoms with Crippen LogP contribution in [0, 0.1) is 0 Å². The van der Waals surface area contributed by atoms with Gasteiger partial charge in [0.25, 0.3) is 0 Å². The van der Waals surface area contributed by atoms with Crippen molar-refractivity contribution in [2.24, 2.45) is 0 Å². The van der Waals surface area contributed by atoms with Gasteiger partial charge in [0.05, 0.1) is 5.69 Å². The lowest BCUT2D eigenvalue weighted by molar-refractivity contribution is 0.0697. The minimum atomic E-state index is -0.941. The molecule has 6 heteroatoms. The molecule has 0 bridgehead atoms. The Bertz CT molecular complexity index is 638. The van der Waals surface area contributed by atoms with Crippen LogP contribution in [0.1, 0.15) is 52.9 Å². The lowest BCUT2D eigenvalue weighted by Crippen LogP contribution is -2.11. The second-order valence-electron chi connectivity index (χ2n) is 5.73. The first kappa shape index (κ1) is 16.0. The number of hydrogen-bond donors (Lipinski definition) is 1. The fraction of sp³-hybridized carbons (Fsp3) is 0.467. The van der Waals surface area contributed by atoms with Gasteiger partial charge in [-0.25, -0.2) is 9.78 Å². The molecule has 0 fully saturated rings. The zero-order valence-electron chi connectivity index (χ0n) is 12.6. The third kappa shape index (κ3) is 3.83. The van der Waals surface area contributed by atoms with E-state index in [1.54, 1.807) is 11.3 Å². The molecule has 1 N–H and O–H groups in total. The molecule has 0 aromatic carbocycles. The number of nitrogens with zero attached hydrogens (tertiary/aromatic N) is 1. The van der Waals surface area contributed by atoms with Crippen molar-refractivity contribution in [3.63, 3.8) is 0 Å². The summed E-state index contributed by atoms with van der Waals surface area (Å²) in [6.07, 6.45) is 0.805. The van der Waals surface area contributed by atoms with E-state index in [0.717, 1.165) is 22.0 Å². The van der Waals surface area contributed by atoms with Crippen molar-refractivity contribution in [1.29, 1.82) is 0 Å². The first-order valence-corrected chi connectivity index (χ1v) is 8.44. The lowest BCUT2D eigenvalue weighted by atomic mass is 9.93. The molecule has 2 aromatic rings. The number of thiazole rings is 1. The Morgan fingerprint density at radius 2 is 2.14 bits per heavy atom. The number of rotatable bonds is 5. The van der Waals surface area contributed by atoms with Crippen LogP contribution in [0.5, 0.6) is 5.75 Å². The zero-order chi connectivity index (χ0) is 15.6. The molecule has 0 aliphatic carbocycles. The summed E-state index contributed by atoms with van der Waals surface area (Å²) in [6, 6.07) is 1.81. The van der Waals surface area contributed by atoms with Crippen molar-refractivity contribution in [3.05, 3.63) is 31.9 Å². The molecule has 0 atom stereocenters. The minimum Gasteiger partial charge on any atom is -0.485 e. The van der Waals surface area contributed by atoms with Gasteiger partial charge in [-0.2, -0.15) is 0 Å². The van der Waals surface area contributed by atoms with Crippen molar-refractivity contribution in [1.82, 2.24) is 4.98 Å². The molecule has 0 amide bonds. The fourth-order valence-electron chi connectivity index (χ4n) is 1.71. The summed E-state index contributed by atoms with van der Waals surface area (Å²) < 4.78 is 5.67. The number of hydrogen-bond acceptors (Lipinski definition) is 5. The van der Waals surface area contributed by atoms with Crippen LogP contribution in [-0.2, 0) is 18.4 Å². The van der Waals surface area contributed by atoms with Crippen molar-refractivity contribution in [2.45, 2.75) is 46.1 Å². The third-order valence-corrected chi connectivity index (χ3v) is 5.03. The summed E-state index contributed by atoms with van der Waals surface area (Å²) in [5, 5.41) is 12.1. The summed E-state index contributed by atoms with van der Waals surface area (Å²) >= 11 is 2.81. The number of carboxylic acid groups (broad SMARTS) is 1. The van der Waals surface area contributed by atoms with E-state index in [4.69, 9.17) is 4.74 Å². The zero-order valence-corrected chi connectivity index (χ0v) is 14.2. The van der Waals surface area contributed by atoms with Crippen LogP contribution >= 0.6 is 22.7 Å². The molecule has 0 unspecified atom stereocenters. The van der Waals surface area contributed by atoms with Crippen LogP contribution in [0.2, 0.25) is 0 Å². The molecule has 114 valence electrons. The van der Waals surface area contributed by atoms with Gasteiger partial charge in [0, 0.05) is 15.7 Å². The van der Waals surface area contributed by atoms with Crippen molar-refractivity contribution in [2.75, 3.05) is 0 Å². The number of carboxylic acids is 1. The number of carbonyl (C=O) groups is 1. The third-order valence-electron chi connectivity index (χ3n) is 2.96. The quantitative estimate of drug-likeness (QED) is 0.888. The maximum Gasteiger partial charge on any atom is 0.349 e. The van der Waals surface area contributed by atoms with Crippen LogP contribution in [0.25, 0.3) is 0 Å². The monoisotopic (exact) mass is 325 g/mol. The normalized spacial score (nSPS) is 11.6. The number of ether oxygens (including phenoxy) is 1. The van der Waals surface area contributed by atoms with E-state index in [0.29, 0.717) is 12.4 Å². The number of thiophene rings is 1. The fourth-order valence-corrected chi connectivity index (χ4v) is 3.52. The van der Waals surface area contributed by atoms with Crippen LogP contribution < -0.4 is 4.74 Å². The van der Waals surface area contributed by atoms with Crippen LogP contribution in [0.4, 0.5) is 0 Å². The molecule has 2 aromatic heterocycles. The second kappa shape index (κ2) is 6.15. The Morgan fingerprint density at radius 3 is 2.67 bits per heavy atom. The summed E-state index contributed by atoms with van der Waals surface area (Å²) in [6.45, 7) is 8.64. The molecule has 0 spiro atoms. The Balaban J connectivity index is 2.11. The lowest BCUT2D eigenvalue weighted by Gasteiger charge is -2.14. The van der Waals surface area contributed by atoms with E-state index in [1.807, 2.05) is 18.4 Å². The van der Waals surface area contributed by atoms with Gasteiger partial charge in [-0.1, -0.05) is 27.7 Å². The average Bonchev–Trinajstić information content (AvgIpc) is 3.02. The van der Waals surface area contributed by atoms with E-state index in [1.165, 1.54) is 11.3 Å². The summed E-state index contributed by atoms with van der Waals surface area (Å²) in [7, 11) is 0. The highest BCUT2D eigenvalue weighted by molar-refractivity contribution is 7.14. The predicted octanol–water partition coefficient (Wildman–Crippen LogP) is 4.34. The highest BCUT2D eigenvalue weighted by atomic mass is 32.1. The summed E-state index contributed by atoms with van der Waals surface area (Å²) in [5.74, 6) is -0.499. The predicted molar refractivity (Wildman–Crippen MR) is 85.8 cm³/mol. The molecule has 0 saturated heterocycles. The standard InChI is InChI=1S/C15H19NO3S2/c1-5-9-6-10(13(21-9)14(17)18)19-7-12-16-11(8-20-12)15(2,3)4/h6,8H,5,7H2,1-4H3,(H,17,18). The van der Waals surface area contributed by atoms with Crippen molar-refractivity contribution >= 4 is 28.6 Å². The highest BCUT2D eigenvalue weighted by Crippen LogP contribution is 2.31. The van der Waals surface area contributed by atoms with Gasteiger partial charge in [0.15, 0.2) is 4.88 Å². The van der Waals surface area contributed by atoms with Crippen molar-refractivity contribution < 1.29 is 14.6 Å². The minimum absolute atomic E-state index is 0.0126. The van der Waals surface area contributed by atoms with Gasteiger partial charge in [-0.05, 0) is 12.5 Å². The smallest absolute Gasteiger partial charge is 0.349 e. The molecule has 2 heterocycles. The van der Waals surface area contributed by atoms with Gasteiger partial charge in [-0.3, -0.25) is 0 Å². The van der Waals surface area contributed by atoms with Crippen LogP contribution in [0.15, 0.2) is 11.4 Å². The van der Waals surface area contributed by atoms with E-state index < -0.39 is 5.97 Å². The number of aromatic nitrogens is 1. The molecule has 2 rings (SSSR count). The maximum atomic E-state index is 11.2. The number of aryl methyl sites for hydroxylation is 1. The SMILES string of the molecule is CCc1cc(OCc2nc(C(C)(C)C)cs2)c(C(=O)O)s1. The van der Waals surface area contributed by atoms with Gasteiger partial charge in [0.1, 0.15) is 17.4 Å². The molecule has 0 saturated carbocycles. The summed E-state index contributed by atoms with van der Waals surface area (Å²) in [5.41, 5.74) is 1.04. The maximum absolute atomic E-state index is 11.2. The van der Waals surface area contributed by atoms with Crippen molar-refractivity contribution in [3.8, 4) is 5.75 Å². The molecule has 0 aliphatic heterocycles. The molecule has 0 radical (unpaired) electrons. The summed E-state index contributed by atoms with van der Waals surface area (Å²) in [4.78, 5) is 17.0. The van der Waals surface area contributed by atoms with Crippen LogP contribution in [0.3, 0.4) is 0 Å². The molecular formula is C15H19NO3S2. The van der Waals surface area contributed by atoms with E-state index in [9.17, 15) is 9.90 Å².